The average Bonchev–Trinajstić information content (AvgIpc) is 3.08. The number of thiophene rings is 1. The molecule has 1 unspecified atom stereocenters. The van der Waals surface area contributed by atoms with E-state index in [4.69, 9.17) is 0 Å². The molecule has 6 nitrogen and oxygen atoms in total. The molecule has 30 heavy (non-hydrogen) atoms. The summed E-state index contributed by atoms with van der Waals surface area (Å²) in [6, 6.07) is 10.1. The third-order valence-electron chi connectivity index (χ3n) is 4.95. The highest BCUT2D eigenvalue weighted by Gasteiger charge is 2.29. The summed E-state index contributed by atoms with van der Waals surface area (Å²) in [5.74, 6) is 0.725. The molecule has 160 valence electrons. The molecule has 0 spiro atoms. The summed E-state index contributed by atoms with van der Waals surface area (Å²) >= 11 is 3.16. The van der Waals surface area contributed by atoms with E-state index in [1.165, 1.54) is 23.3 Å². The summed E-state index contributed by atoms with van der Waals surface area (Å²) in [5.41, 5.74) is 1.34. The lowest BCUT2D eigenvalue weighted by Gasteiger charge is -2.18. The number of rotatable bonds is 7. The Balaban J connectivity index is 1.64. The maximum atomic E-state index is 12.7. The first-order valence-electron chi connectivity index (χ1n) is 9.99. The highest BCUT2D eigenvalue weighted by atomic mass is 32.2. The lowest BCUT2D eigenvalue weighted by Crippen LogP contribution is -2.31. The van der Waals surface area contributed by atoms with E-state index in [0.29, 0.717) is 22.9 Å². The molecule has 0 saturated carbocycles. The molecule has 1 heterocycles. The Morgan fingerprint density at radius 2 is 2.00 bits per heavy atom. The number of benzene rings is 1. The monoisotopic (exact) mass is 446 g/mol. The number of hydrogen-bond donors (Lipinski definition) is 2. The first kappa shape index (κ1) is 22.4. The average molecular weight is 447 g/mol. The van der Waals surface area contributed by atoms with E-state index in [1.54, 1.807) is 11.8 Å². The number of carbonyl (C=O) groups excluding carboxylic acids is 3. The molecule has 1 aromatic carbocycles. The number of anilines is 1. The smallest absolute Gasteiger partial charge is 0.413 e. The summed E-state index contributed by atoms with van der Waals surface area (Å²) in [5, 5.41) is 5.66. The van der Waals surface area contributed by atoms with Crippen LogP contribution in [0.5, 0.6) is 0 Å². The molecule has 2 N–H and O–H groups in total. The van der Waals surface area contributed by atoms with E-state index in [2.05, 4.69) is 22.3 Å². The number of ether oxygens (including phenoxy) is 1. The van der Waals surface area contributed by atoms with Crippen LogP contribution >= 0.6 is 23.1 Å². The zero-order valence-corrected chi connectivity index (χ0v) is 18.8. The zero-order valence-electron chi connectivity index (χ0n) is 17.2. The second kappa shape index (κ2) is 10.6. The molecule has 3 rings (SSSR count). The first-order chi connectivity index (χ1) is 14.5. The summed E-state index contributed by atoms with van der Waals surface area (Å²) < 4.78 is 4.55. The third-order valence-corrected chi connectivity index (χ3v) is 7.22. The molecule has 1 aromatic heterocycles. The molecular formula is C22H26N2O4S2. The Bertz CT molecular complexity index is 911. The van der Waals surface area contributed by atoms with Crippen LogP contribution in [0.1, 0.15) is 47.0 Å². The maximum absolute atomic E-state index is 12.7. The van der Waals surface area contributed by atoms with Crippen LogP contribution in [0.25, 0.3) is 0 Å². The van der Waals surface area contributed by atoms with E-state index in [9.17, 15) is 14.4 Å². The van der Waals surface area contributed by atoms with Crippen molar-refractivity contribution in [2.24, 2.45) is 5.92 Å². The fraction of sp³-hybridized carbons (Fsp3) is 0.409. The van der Waals surface area contributed by atoms with Crippen LogP contribution in [0.4, 0.5) is 9.80 Å². The Labute approximate surface area is 184 Å². The van der Waals surface area contributed by atoms with Crippen LogP contribution in [-0.4, -0.2) is 30.8 Å². The van der Waals surface area contributed by atoms with Crippen molar-refractivity contribution < 1.29 is 19.1 Å². The lowest BCUT2D eigenvalue weighted by molar-refractivity contribution is -0.116. The van der Waals surface area contributed by atoms with Gasteiger partial charge in [0.05, 0.1) is 12.7 Å². The first-order valence-corrected chi connectivity index (χ1v) is 11.8. The number of thioether (sulfide) groups is 1. The largest absolute Gasteiger partial charge is 0.453 e. The Kier molecular flexibility index (Phi) is 7.93. The summed E-state index contributed by atoms with van der Waals surface area (Å²) in [6.07, 6.45) is 2.92. The van der Waals surface area contributed by atoms with Gasteiger partial charge >= 0.3 is 6.09 Å². The van der Waals surface area contributed by atoms with Crippen LogP contribution < -0.4 is 10.6 Å². The Morgan fingerprint density at radius 1 is 1.23 bits per heavy atom. The quantitative estimate of drug-likeness (QED) is 0.468. The zero-order chi connectivity index (χ0) is 21.5. The van der Waals surface area contributed by atoms with E-state index in [0.717, 1.165) is 41.9 Å². The molecule has 1 aliphatic rings. The molecule has 0 radical (unpaired) electrons. The SMILES string of the molecule is COC(=O)NC(=O)c1c(NC(=O)CCCSc2ccccc2)sc2c1CCC(C)C2. The highest BCUT2D eigenvalue weighted by Crippen LogP contribution is 2.39. The number of methoxy groups -OCH3 is 1. The van der Waals surface area contributed by atoms with Gasteiger partial charge in [0, 0.05) is 16.2 Å². The molecule has 8 heteroatoms. The minimum Gasteiger partial charge on any atom is -0.453 e. The van der Waals surface area contributed by atoms with Gasteiger partial charge in [0.25, 0.3) is 5.91 Å². The molecule has 0 aliphatic heterocycles. The summed E-state index contributed by atoms with van der Waals surface area (Å²) in [4.78, 5) is 39.0. The van der Waals surface area contributed by atoms with Crippen molar-refractivity contribution >= 4 is 46.0 Å². The van der Waals surface area contributed by atoms with Crippen molar-refractivity contribution in [1.29, 1.82) is 0 Å². The molecule has 3 amide bonds. The van der Waals surface area contributed by atoms with Gasteiger partial charge in [0.2, 0.25) is 5.91 Å². The Morgan fingerprint density at radius 3 is 2.73 bits per heavy atom. The fourth-order valence-electron chi connectivity index (χ4n) is 3.41. The van der Waals surface area contributed by atoms with Crippen LogP contribution in [0.2, 0.25) is 0 Å². The van der Waals surface area contributed by atoms with Gasteiger partial charge < -0.3 is 10.1 Å². The van der Waals surface area contributed by atoms with Crippen molar-refractivity contribution in [3.63, 3.8) is 0 Å². The van der Waals surface area contributed by atoms with Gasteiger partial charge in [-0.1, -0.05) is 25.1 Å². The van der Waals surface area contributed by atoms with Crippen molar-refractivity contribution in [3.05, 3.63) is 46.3 Å². The predicted molar refractivity (Wildman–Crippen MR) is 120 cm³/mol. The predicted octanol–water partition coefficient (Wildman–Crippen LogP) is 4.88. The van der Waals surface area contributed by atoms with Crippen LogP contribution in [0.3, 0.4) is 0 Å². The van der Waals surface area contributed by atoms with Crippen molar-refractivity contribution in [3.8, 4) is 0 Å². The topological polar surface area (TPSA) is 84.5 Å². The molecule has 2 aromatic rings. The van der Waals surface area contributed by atoms with E-state index in [1.807, 2.05) is 30.3 Å². The molecular weight excluding hydrogens is 420 g/mol. The van der Waals surface area contributed by atoms with Crippen molar-refractivity contribution in [1.82, 2.24) is 5.32 Å². The van der Waals surface area contributed by atoms with Crippen LogP contribution in [0, 0.1) is 5.92 Å². The van der Waals surface area contributed by atoms with Gasteiger partial charge in [0.15, 0.2) is 0 Å². The van der Waals surface area contributed by atoms with Gasteiger partial charge in [0.1, 0.15) is 5.00 Å². The standard InChI is InChI=1S/C22H26N2O4S2/c1-14-10-11-16-17(13-14)30-21(19(16)20(26)24-22(27)28-2)23-18(25)9-6-12-29-15-7-4-3-5-8-15/h3-5,7-8,14H,6,9-13H2,1-2H3,(H,23,25)(H,24,26,27). The lowest BCUT2D eigenvalue weighted by atomic mass is 9.88. The third kappa shape index (κ3) is 5.86. The van der Waals surface area contributed by atoms with Gasteiger partial charge in [-0.05, 0) is 55.1 Å². The van der Waals surface area contributed by atoms with Crippen LogP contribution in [0.15, 0.2) is 35.2 Å². The number of nitrogens with one attached hydrogen (secondary N) is 2. The van der Waals surface area contributed by atoms with Crippen LogP contribution in [-0.2, 0) is 22.4 Å². The minimum atomic E-state index is -0.806. The van der Waals surface area contributed by atoms with Crippen molar-refractivity contribution in [2.75, 3.05) is 18.2 Å². The Hall–Kier alpha value is -2.32. The molecule has 1 aliphatic carbocycles. The molecule has 1 atom stereocenters. The maximum Gasteiger partial charge on any atom is 0.413 e. The normalized spacial score (nSPS) is 15.2. The second-order valence-electron chi connectivity index (χ2n) is 7.31. The number of alkyl carbamates (subject to hydrolysis) is 1. The van der Waals surface area contributed by atoms with E-state index >= 15 is 0 Å². The number of carbonyl (C=O) groups is 3. The van der Waals surface area contributed by atoms with E-state index < -0.39 is 12.0 Å². The fourth-order valence-corrected chi connectivity index (χ4v) is 5.71. The van der Waals surface area contributed by atoms with Gasteiger partial charge in [-0.25, -0.2) is 4.79 Å². The summed E-state index contributed by atoms with van der Waals surface area (Å²) in [6.45, 7) is 2.18. The molecule has 0 fully saturated rings. The number of imide groups is 1. The van der Waals surface area contributed by atoms with Gasteiger partial charge in [-0.3, -0.25) is 14.9 Å². The molecule has 0 bridgehead atoms. The van der Waals surface area contributed by atoms with E-state index in [-0.39, 0.29) is 5.91 Å². The van der Waals surface area contributed by atoms with Gasteiger partial charge in [-0.2, -0.15) is 0 Å². The number of amides is 3. The molecule has 0 saturated heterocycles. The number of fused-ring (bicyclic) bond motifs is 1. The second-order valence-corrected chi connectivity index (χ2v) is 9.59. The highest BCUT2D eigenvalue weighted by molar-refractivity contribution is 7.99. The number of hydrogen-bond acceptors (Lipinski definition) is 6. The summed E-state index contributed by atoms with van der Waals surface area (Å²) in [7, 11) is 1.21. The minimum absolute atomic E-state index is 0.123. The van der Waals surface area contributed by atoms with Gasteiger partial charge in [-0.15, -0.1) is 23.1 Å². The van der Waals surface area contributed by atoms with Crippen molar-refractivity contribution in [2.45, 2.75) is 43.9 Å².